The summed E-state index contributed by atoms with van der Waals surface area (Å²) in [4.78, 5) is 22.3. The number of carbonyl (C=O) groups is 1. The van der Waals surface area contributed by atoms with Crippen molar-refractivity contribution in [3.05, 3.63) is 47.8 Å². The Labute approximate surface area is 153 Å². The minimum Gasteiger partial charge on any atom is -0.354 e. The predicted molar refractivity (Wildman–Crippen MR) is 99.3 cm³/mol. The molecule has 1 aromatic heterocycles. The van der Waals surface area contributed by atoms with Gasteiger partial charge in [0.15, 0.2) is 0 Å². The van der Waals surface area contributed by atoms with Crippen LogP contribution in [0.1, 0.15) is 29.8 Å². The highest BCUT2D eigenvalue weighted by Crippen LogP contribution is 2.10. The minimum absolute atomic E-state index is 0.0866. The fraction of sp³-hybridized carbons (Fsp3) is 0.353. The van der Waals surface area contributed by atoms with Crippen molar-refractivity contribution in [3.63, 3.8) is 0 Å². The van der Waals surface area contributed by atoms with Crippen LogP contribution in [0.2, 0.25) is 0 Å². The van der Waals surface area contributed by atoms with Crippen LogP contribution in [0.3, 0.4) is 0 Å². The van der Waals surface area contributed by atoms with Crippen molar-refractivity contribution in [1.29, 1.82) is 0 Å². The molecule has 1 amide bonds. The van der Waals surface area contributed by atoms with Crippen LogP contribution in [0.5, 0.6) is 0 Å². The third-order valence-electron chi connectivity index (χ3n) is 3.90. The number of nitrogens with two attached hydrogens (primary N) is 1. The molecule has 0 aliphatic rings. The van der Waals surface area contributed by atoms with E-state index in [1.165, 1.54) is 24.5 Å². The molecule has 1 heterocycles. The summed E-state index contributed by atoms with van der Waals surface area (Å²) >= 11 is 0. The van der Waals surface area contributed by atoms with Crippen LogP contribution in [0.25, 0.3) is 0 Å². The van der Waals surface area contributed by atoms with Crippen LogP contribution in [0, 0.1) is 0 Å². The van der Waals surface area contributed by atoms with Crippen molar-refractivity contribution in [3.8, 4) is 0 Å². The first kappa shape index (κ1) is 19.8. The molecule has 0 saturated carbocycles. The minimum atomic E-state index is -3.67. The molecule has 0 fully saturated rings. The van der Waals surface area contributed by atoms with Crippen LogP contribution >= 0.6 is 0 Å². The monoisotopic (exact) mass is 377 g/mol. The van der Waals surface area contributed by atoms with E-state index in [4.69, 9.17) is 5.14 Å². The van der Waals surface area contributed by atoms with Crippen molar-refractivity contribution in [1.82, 2.24) is 14.9 Å². The molecule has 2 aromatic rings. The molecule has 2 rings (SSSR count). The standard InChI is InChI=1S/C17H23N5O3S/c1-3-22(4-2)16(23)14-11-20-17(21-12-14)19-10-9-13-5-7-15(8-6-13)26(18,24)25/h5-8,11-12H,3-4,9-10H2,1-2H3,(H2,18,24,25)(H,19,20,21). The third kappa shape index (κ3) is 5.24. The van der Waals surface area contributed by atoms with E-state index in [-0.39, 0.29) is 10.8 Å². The first-order valence-electron chi connectivity index (χ1n) is 8.32. The Morgan fingerprint density at radius 3 is 2.19 bits per heavy atom. The molecule has 0 unspecified atom stereocenters. The van der Waals surface area contributed by atoms with Crippen LogP contribution < -0.4 is 10.5 Å². The van der Waals surface area contributed by atoms with Crippen molar-refractivity contribution < 1.29 is 13.2 Å². The lowest BCUT2D eigenvalue weighted by Gasteiger charge is -2.18. The zero-order valence-corrected chi connectivity index (χ0v) is 15.7. The molecular weight excluding hydrogens is 354 g/mol. The Hall–Kier alpha value is -2.52. The van der Waals surface area contributed by atoms with E-state index in [0.29, 0.717) is 37.6 Å². The zero-order valence-electron chi connectivity index (χ0n) is 14.8. The number of primary sulfonamides is 1. The first-order chi connectivity index (χ1) is 12.3. The van der Waals surface area contributed by atoms with Crippen molar-refractivity contribution in [2.24, 2.45) is 5.14 Å². The lowest BCUT2D eigenvalue weighted by Crippen LogP contribution is -2.30. The van der Waals surface area contributed by atoms with E-state index in [9.17, 15) is 13.2 Å². The number of aromatic nitrogens is 2. The molecule has 0 radical (unpaired) electrons. The Morgan fingerprint density at radius 1 is 1.12 bits per heavy atom. The number of hydrogen-bond donors (Lipinski definition) is 2. The summed E-state index contributed by atoms with van der Waals surface area (Å²) in [5.41, 5.74) is 1.41. The van der Waals surface area contributed by atoms with Crippen molar-refractivity contribution in [2.45, 2.75) is 25.2 Å². The van der Waals surface area contributed by atoms with Crippen molar-refractivity contribution in [2.75, 3.05) is 25.0 Å². The summed E-state index contributed by atoms with van der Waals surface area (Å²) in [6, 6.07) is 6.39. The Balaban J connectivity index is 1.89. The fourth-order valence-corrected chi connectivity index (χ4v) is 2.90. The SMILES string of the molecule is CCN(CC)C(=O)c1cnc(NCCc2ccc(S(N)(=O)=O)cc2)nc1. The number of nitrogens with one attached hydrogen (secondary N) is 1. The summed E-state index contributed by atoms with van der Waals surface area (Å²) in [6.45, 7) is 5.69. The molecule has 0 aliphatic heterocycles. The summed E-state index contributed by atoms with van der Waals surface area (Å²) in [5, 5.41) is 8.14. The van der Waals surface area contributed by atoms with Gasteiger partial charge in [0.05, 0.1) is 10.5 Å². The Morgan fingerprint density at radius 2 is 1.69 bits per heavy atom. The lowest BCUT2D eigenvalue weighted by molar-refractivity contribution is 0.0772. The second kappa shape index (κ2) is 8.72. The van der Waals surface area contributed by atoms with Gasteiger partial charge in [-0.1, -0.05) is 12.1 Å². The maximum atomic E-state index is 12.2. The van der Waals surface area contributed by atoms with Crippen LogP contribution in [-0.2, 0) is 16.4 Å². The maximum absolute atomic E-state index is 12.2. The highest BCUT2D eigenvalue weighted by molar-refractivity contribution is 7.89. The van der Waals surface area contributed by atoms with Gasteiger partial charge in [0.1, 0.15) is 0 Å². The maximum Gasteiger partial charge on any atom is 0.256 e. The van der Waals surface area contributed by atoms with Crippen molar-refractivity contribution >= 4 is 21.9 Å². The second-order valence-electron chi connectivity index (χ2n) is 5.64. The molecule has 0 bridgehead atoms. The van der Waals surface area contributed by atoms with Gasteiger partial charge in [0.25, 0.3) is 5.91 Å². The smallest absolute Gasteiger partial charge is 0.256 e. The zero-order chi connectivity index (χ0) is 19.2. The molecule has 3 N–H and O–H groups in total. The van der Waals surface area contributed by atoms with Gasteiger partial charge in [-0.2, -0.15) is 0 Å². The highest BCUT2D eigenvalue weighted by Gasteiger charge is 2.13. The summed E-state index contributed by atoms with van der Waals surface area (Å²) < 4.78 is 22.4. The average molecular weight is 377 g/mol. The van der Waals surface area contributed by atoms with Gasteiger partial charge >= 0.3 is 0 Å². The average Bonchev–Trinajstić information content (AvgIpc) is 2.63. The van der Waals surface area contributed by atoms with E-state index in [2.05, 4.69) is 15.3 Å². The predicted octanol–water partition coefficient (Wildman–Crippen LogP) is 1.26. The van der Waals surface area contributed by atoms with Gasteiger partial charge in [-0.05, 0) is 38.0 Å². The summed E-state index contributed by atoms with van der Waals surface area (Å²) in [7, 11) is -3.67. The molecule has 0 saturated heterocycles. The first-order valence-corrected chi connectivity index (χ1v) is 9.86. The molecule has 0 atom stereocenters. The molecule has 26 heavy (non-hydrogen) atoms. The number of rotatable bonds is 8. The van der Waals surface area contributed by atoms with Crippen LogP contribution in [-0.4, -0.2) is 48.8 Å². The number of nitrogens with zero attached hydrogens (tertiary/aromatic N) is 3. The Kier molecular flexibility index (Phi) is 6.64. The van der Waals surface area contributed by atoms with Crippen LogP contribution in [0.4, 0.5) is 5.95 Å². The van der Waals surface area contributed by atoms with Gasteiger partial charge in [-0.15, -0.1) is 0 Å². The summed E-state index contributed by atoms with van der Waals surface area (Å²) in [6.07, 6.45) is 3.68. The summed E-state index contributed by atoms with van der Waals surface area (Å²) in [5.74, 6) is 0.346. The number of benzene rings is 1. The third-order valence-corrected chi connectivity index (χ3v) is 4.83. The molecule has 0 aliphatic carbocycles. The number of hydrogen-bond acceptors (Lipinski definition) is 6. The second-order valence-corrected chi connectivity index (χ2v) is 7.20. The molecule has 1 aromatic carbocycles. The normalized spacial score (nSPS) is 11.2. The lowest BCUT2D eigenvalue weighted by atomic mass is 10.1. The number of anilines is 1. The van der Waals surface area contributed by atoms with E-state index in [1.54, 1.807) is 17.0 Å². The molecule has 0 spiro atoms. The van der Waals surface area contributed by atoms with Gasteiger partial charge in [0.2, 0.25) is 16.0 Å². The molecule has 9 heteroatoms. The van der Waals surface area contributed by atoms with E-state index in [0.717, 1.165) is 5.56 Å². The molecule has 8 nitrogen and oxygen atoms in total. The van der Waals surface area contributed by atoms with Gasteiger partial charge in [0, 0.05) is 32.0 Å². The molecular formula is C17H23N5O3S. The topological polar surface area (TPSA) is 118 Å². The van der Waals surface area contributed by atoms with Gasteiger partial charge < -0.3 is 10.2 Å². The molecule has 140 valence electrons. The Bertz CT molecular complexity index is 832. The fourth-order valence-electron chi connectivity index (χ4n) is 2.39. The van der Waals surface area contributed by atoms with Crippen LogP contribution in [0.15, 0.2) is 41.6 Å². The van der Waals surface area contributed by atoms with E-state index in [1.807, 2.05) is 13.8 Å². The number of carbonyl (C=O) groups excluding carboxylic acids is 1. The van der Waals surface area contributed by atoms with E-state index < -0.39 is 10.0 Å². The quantitative estimate of drug-likeness (QED) is 0.715. The number of sulfonamides is 1. The van der Waals surface area contributed by atoms with Gasteiger partial charge in [-0.3, -0.25) is 4.79 Å². The van der Waals surface area contributed by atoms with Gasteiger partial charge in [-0.25, -0.2) is 23.5 Å². The highest BCUT2D eigenvalue weighted by atomic mass is 32.2. The number of amides is 1. The van der Waals surface area contributed by atoms with E-state index >= 15 is 0 Å². The largest absolute Gasteiger partial charge is 0.354 e.